The molecule has 2 nitrogen and oxygen atoms in total. The van der Waals surface area contributed by atoms with Crippen molar-refractivity contribution in [1.82, 2.24) is 0 Å². The number of ether oxygens (including phenoxy) is 1. The van der Waals surface area contributed by atoms with Gasteiger partial charge >= 0.3 is 0 Å². The number of fused-ring (bicyclic) bond motifs is 2. The summed E-state index contributed by atoms with van der Waals surface area (Å²) in [5.41, 5.74) is 3.49. The second-order valence-electron chi connectivity index (χ2n) is 4.06. The lowest BCUT2D eigenvalue weighted by Gasteiger charge is -2.08. The summed E-state index contributed by atoms with van der Waals surface area (Å²) < 4.78 is 5.89. The van der Waals surface area contributed by atoms with Gasteiger partial charge in [0.05, 0.1) is 5.69 Å². The van der Waals surface area contributed by atoms with Crippen molar-refractivity contribution in [3.05, 3.63) is 53.6 Å². The predicted octanol–water partition coefficient (Wildman–Crippen LogP) is 3.71. The largest absolute Gasteiger partial charge is 0.455 e. The number of para-hydroxylation sites is 1. The zero-order chi connectivity index (χ0) is 11.0. The van der Waals surface area contributed by atoms with Crippen LogP contribution in [0.3, 0.4) is 0 Å². The number of hydrogen-bond donors (Lipinski definition) is 1. The Morgan fingerprint density at radius 3 is 2.88 bits per heavy atom. The monoisotopic (exact) mass is 211 g/mol. The zero-order valence-electron chi connectivity index (χ0n) is 9.16. The van der Waals surface area contributed by atoms with Crippen molar-refractivity contribution in [2.45, 2.75) is 13.5 Å². The van der Waals surface area contributed by atoms with Crippen LogP contribution in [-0.2, 0) is 6.54 Å². The third-order valence-corrected chi connectivity index (χ3v) is 2.80. The van der Waals surface area contributed by atoms with Gasteiger partial charge in [0.25, 0.3) is 0 Å². The highest BCUT2D eigenvalue weighted by Gasteiger charge is 2.12. The van der Waals surface area contributed by atoms with E-state index < -0.39 is 0 Å². The molecule has 0 radical (unpaired) electrons. The molecule has 0 saturated carbocycles. The molecule has 0 aromatic heterocycles. The van der Waals surface area contributed by atoms with Crippen molar-refractivity contribution in [3.8, 4) is 11.5 Å². The molecule has 1 N–H and O–H groups in total. The van der Waals surface area contributed by atoms with Gasteiger partial charge in [0.2, 0.25) is 0 Å². The molecule has 0 fully saturated rings. The summed E-state index contributed by atoms with van der Waals surface area (Å²) in [6, 6.07) is 14.3. The molecule has 2 aromatic carbocycles. The minimum atomic E-state index is 0.812. The maximum atomic E-state index is 5.89. The summed E-state index contributed by atoms with van der Waals surface area (Å²) >= 11 is 0. The Labute approximate surface area is 94.9 Å². The van der Waals surface area contributed by atoms with Crippen LogP contribution in [0.4, 0.5) is 5.69 Å². The molecule has 3 rings (SSSR count). The topological polar surface area (TPSA) is 21.3 Å². The van der Waals surface area contributed by atoms with Gasteiger partial charge in [0, 0.05) is 12.1 Å². The quantitative estimate of drug-likeness (QED) is 0.717. The number of nitrogens with one attached hydrogen (secondary N) is 1. The van der Waals surface area contributed by atoms with Crippen LogP contribution < -0.4 is 10.1 Å². The Balaban J connectivity index is 2.08. The fourth-order valence-corrected chi connectivity index (χ4v) is 1.93. The maximum Gasteiger partial charge on any atom is 0.150 e. The van der Waals surface area contributed by atoms with E-state index in [0.717, 1.165) is 23.7 Å². The van der Waals surface area contributed by atoms with E-state index in [4.69, 9.17) is 4.74 Å². The molecule has 2 aromatic rings. The zero-order valence-corrected chi connectivity index (χ0v) is 9.16. The van der Waals surface area contributed by atoms with E-state index in [1.54, 1.807) is 0 Å². The van der Waals surface area contributed by atoms with Crippen LogP contribution >= 0.6 is 0 Å². The number of benzene rings is 2. The fraction of sp³-hybridized carbons (Fsp3) is 0.143. The van der Waals surface area contributed by atoms with Crippen LogP contribution in [0.5, 0.6) is 11.5 Å². The smallest absolute Gasteiger partial charge is 0.150 e. The average Bonchev–Trinajstić information content (AvgIpc) is 2.48. The van der Waals surface area contributed by atoms with Crippen molar-refractivity contribution in [3.63, 3.8) is 0 Å². The summed E-state index contributed by atoms with van der Waals surface area (Å²) in [7, 11) is 0. The first-order chi connectivity index (χ1) is 7.83. The van der Waals surface area contributed by atoms with E-state index in [1.165, 1.54) is 11.1 Å². The molecule has 0 amide bonds. The SMILES string of the molecule is Cc1ccc2c(c1)NCc1ccccc1O2. The molecule has 16 heavy (non-hydrogen) atoms. The normalized spacial score (nSPS) is 12.8. The molecule has 1 aliphatic heterocycles. The minimum absolute atomic E-state index is 0.812. The maximum absolute atomic E-state index is 5.89. The summed E-state index contributed by atoms with van der Waals surface area (Å²) in [5.74, 6) is 1.84. The number of rotatable bonds is 0. The Morgan fingerprint density at radius 1 is 1.06 bits per heavy atom. The van der Waals surface area contributed by atoms with Crippen LogP contribution in [0.2, 0.25) is 0 Å². The fourth-order valence-electron chi connectivity index (χ4n) is 1.93. The van der Waals surface area contributed by atoms with E-state index >= 15 is 0 Å². The first-order valence-corrected chi connectivity index (χ1v) is 5.43. The molecular formula is C14H13NO. The lowest BCUT2D eigenvalue weighted by atomic mass is 10.2. The molecule has 0 unspecified atom stereocenters. The van der Waals surface area contributed by atoms with E-state index in [0.29, 0.717) is 0 Å². The Morgan fingerprint density at radius 2 is 1.94 bits per heavy atom. The van der Waals surface area contributed by atoms with Crippen LogP contribution in [0.1, 0.15) is 11.1 Å². The summed E-state index contributed by atoms with van der Waals surface area (Å²) in [6.45, 7) is 2.90. The molecule has 80 valence electrons. The van der Waals surface area contributed by atoms with Crippen molar-refractivity contribution in [2.75, 3.05) is 5.32 Å². The van der Waals surface area contributed by atoms with E-state index in [1.807, 2.05) is 24.3 Å². The highest BCUT2D eigenvalue weighted by atomic mass is 16.5. The second-order valence-corrected chi connectivity index (χ2v) is 4.06. The van der Waals surface area contributed by atoms with Gasteiger partial charge in [0.15, 0.2) is 5.75 Å². The summed E-state index contributed by atoms with van der Waals surface area (Å²) in [4.78, 5) is 0. The van der Waals surface area contributed by atoms with Crippen molar-refractivity contribution >= 4 is 5.69 Å². The highest BCUT2D eigenvalue weighted by Crippen LogP contribution is 2.35. The minimum Gasteiger partial charge on any atom is -0.455 e. The molecule has 1 heterocycles. The molecule has 2 heteroatoms. The molecule has 1 aliphatic rings. The Hall–Kier alpha value is -1.96. The van der Waals surface area contributed by atoms with Crippen LogP contribution in [0.25, 0.3) is 0 Å². The predicted molar refractivity (Wildman–Crippen MR) is 65.0 cm³/mol. The molecule has 0 spiro atoms. The molecule has 0 bridgehead atoms. The van der Waals surface area contributed by atoms with E-state index in [2.05, 4.69) is 30.4 Å². The van der Waals surface area contributed by atoms with Crippen molar-refractivity contribution < 1.29 is 4.74 Å². The lowest BCUT2D eigenvalue weighted by Crippen LogP contribution is -1.96. The van der Waals surface area contributed by atoms with Gasteiger partial charge < -0.3 is 10.1 Å². The Kier molecular flexibility index (Phi) is 2.07. The van der Waals surface area contributed by atoms with Gasteiger partial charge in [-0.1, -0.05) is 24.3 Å². The standard InChI is InChI=1S/C14H13NO/c1-10-6-7-14-12(8-10)15-9-11-4-2-3-5-13(11)16-14/h2-8,15H,9H2,1H3. The molecule has 0 saturated heterocycles. The van der Waals surface area contributed by atoms with Crippen molar-refractivity contribution in [1.29, 1.82) is 0 Å². The van der Waals surface area contributed by atoms with E-state index in [9.17, 15) is 0 Å². The summed E-state index contributed by atoms with van der Waals surface area (Å²) in [6.07, 6.45) is 0. The number of hydrogen-bond acceptors (Lipinski definition) is 2. The van der Waals surface area contributed by atoms with Gasteiger partial charge in [-0.25, -0.2) is 0 Å². The third-order valence-electron chi connectivity index (χ3n) is 2.80. The Bertz CT molecular complexity index is 534. The third kappa shape index (κ3) is 1.52. The van der Waals surface area contributed by atoms with Gasteiger partial charge in [-0.2, -0.15) is 0 Å². The van der Waals surface area contributed by atoms with Gasteiger partial charge in [-0.15, -0.1) is 0 Å². The molecular weight excluding hydrogens is 198 g/mol. The van der Waals surface area contributed by atoms with Crippen molar-refractivity contribution in [2.24, 2.45) is 0 Å². The van der Waals surface area contributed by atoms with Crippen LogP contribution in [0.15, 0.2) is 42.5 Å². The lowest BCUT2D eigenvalue weighted by molar-refractivity contribution is 0.484. The molecule has 0 aliphatic carbocycles. The number of anilines is 1. The first kappa shape index (κ1) is 9.28. The number of aryl methyl sites for hydroxylation is 1. The first-order valence-electron chi connectivity index (χ1n) is 5.43. The molecule has 0 atom stereocenters. The second kappa shape index (κ2) is 3.56. The average molecular weight is 211 g/mol. The summed E-state index contributed by atoms with van der Waals surface area (Å²) in [5, 5.41) is 3.40. The van der Waals surface area contributed by atoms with Crippen LogP contribution in [-0.4, -0.2) is 0 Å². The van der Waals surface area contributed by atoms with Gasteiger partial charge in [0.1, 0.15) is 5.75 Å². The highest BCUT2D eigenvalue weighted by molar-refractivity contribution is 5.61. The van der Waals surface area contributed by atoms with E-state index in [-0.39, 0.29) is 0 Å². The van der Waals surface area contributed by atoms with Gasteiger partial charge in [-0.3, -0.25) is 0 Å². The van der Waals surface area contributed by atoms with Gasteiger partial charge in [-0.05, 0) is 30.7 Å². The van der Waals surface area contributed by atoms with Crippen LogP contribution in [0, 0.1) is 6.92 Å².